The molecular weight excluding hydrogens is 302 g/mol. The zero-order valence-corrected chi connectivity index (χ0v) is 13.8. The highest BCUT2D eigenvalue weighted by molar-refractivity contribution is 5.70. The van der Waals surface area contributed by atoms with Crippen LogP contribution in [0, 0.1) is 0 Å². The molecule has 7 nitrogen and oxygen atoms in total. The Balaban J connectivity index is 2.10. The fraction of sp³-hybridized carbons (Fsp3) is 0.875. The molecule has 23 heavy (non-hydrogen) atoms. The van der Waals surface area contributed by atoms with Crippen molar-refractivity contribution in [1.29, 1.82) is 0 Å². The monoisotopic (exact) mass is 329 g/mol. The van der Waals surface area contributed by atoms with Gasteiger partial charge in [0.15, 0.2) is 0 Å². The Kier molecular flexibility index (Phi) is 6.38. The summed E-state index contributed by atoms with van der Waals surface area (Å²) in [6.07, 6.45) is -0.983. The van der Waals surface area contributed by atoms with Crippen LogP contribution in [0.2, 0.25) is 0 Å². The molecular formula is C16H27NO6. The molecule has 0 amide bonds. The van der Waals surface area contributed by atoms with Gasteiger partial charge in [-0.05, 0) is 19.3 Å². The largest absolute Gasteiger partial charge is 0.458 e. The van der Waals surface area contributed by atoms with Crippen molar-refractivity contribution >= 4 is 11.9 Å². The van der Waals surface area contributed by atoms with Crippen LogP contribution in [0.1, 0.15) is 46.0 Å². The maximum Gasteiger partial charge on any atom is 0.306 e. The molecule has 7 heteroatoms. The van der Waals surface area contributed by atoms with E-state index in [1.54, 1.807) is 0 Å². The van der Waals surface area contributed by atoms with E-state index < -0.39 is 36.4 Å². The predicted octanol–water partition coefficient (Wildman–Crippen LogP) is 0.220. The van der Waals surface area contributed by atoms with Crippen LogP contribution < -0.4 is 0 Å². The summed E-state index contributed by atoms with van der Waals surface area (Å²) in [5, 5.41) is 20.7. The minimum atomic E-state index is -1.12. The number of hydrogen-bond acceptors (Lipinski definition) is 7. The summed E-state index contributed by atoms with van der Waals surface area (Å²) in [5.74, 6) is -0.774. The first-order valence-corrected chi connectivity index (χ1v) is 8.47. The Morgan fingerprint density at radius 3 is 2.30 bits per heavy atom. The van der Waals surface area contributed by atoms with Crippen LogP contribution in [0.5, 0.6) is 0 Å². The molecule has 0 aliphatic carbocycles. The number of fused-ring (bicyclic) bond motifs is 1. The molecule has 0 aromatic heterocycles. The summed E-state index contributed by atoms with van der Waals surface area (Å²) in [6.45, 7) is 4.72. The topological polar surface area (TPSA) is 96.3 Å². The van der Waals surface area contributed by atoms with Crippen molar-refractivity contribution in [2.75, 3.05) is 13.1 Å². The van der Waals surface area contributed by atoms with Gasteiger partial charge in [0.25, 0.3) is 0 Å². The molecule has 2 N–H and O–H groups in total. The second-order valence-electron chi connectivity index (χ2n) is 6.31. The van der Waals surface area contributed by atoms with E-state index in [1.165, 1.54) is 0 Å². The number of carbonyl (C=O) groups excluding carboxylic acids is 2. The maximum absolute atomic E-state index is 11.8. The van der Waals surface area contributed by atoms with Crippen molar-refractivity contribution in [2.24, 2.45) is 0 Å². The molecule has 2 heterocycles. The van der Waals surface area contributed by atoms with Gasteiger partial charge in [0.1, 0.15) is 18.3 Å². The van der Waals surface area contributed by atoms with Gasteiger partial charge in [0, 0.05) is 25.9 Å². The lowest BCUT2D eigenvalue weighted by molar-refractivity contribution is -0.194. The fourth-order valence-corrected chi connectivity index (χ4v) is 3.35. The molecule has 0 spiro atoms. The summed E-state index contributed by atoms with van der Waals surface area (Å²) in [7, 11) is 0. The minimum Gasteiger partial charge on any atom is -0.458 e. The van der Waals surface area contributed by atoms with Crippen LogP contribution >= 0.6 is 0 Å². The zero-order valence-electron chi connectivity index (χ0n) is 13.8. The van der Waals surface area contributed by atoms with Gasteiger partial charge in [-0.2, -0.15) is 0 Å². The third-order valence-electron chi connectivity index (χ3n) is 4.46. The van der Waals surface area contributed by atoms with Crippen molar-refractivity contribution in [3.05, 3.63) is 0 Å². The number of esters is 2. The van der Waals surface area contributed by atoms with Gasteiger partial charge in [-0.15, -0.1) is 0 Å². The lowest BCUT2D eigenvalue weighted by Gasteiger charge is -2.43. The van der Waals surface area contributed by atoms with Crippen LogP contribution in [0.15, 0.2) is 0 Å². The number of aliphatic hydroxyl groups excluding tert-OH is 2. The smallest absolute Gasteiger partial charge is 0.306 e. The van der Waals surface area contributed by atoms with Crippen molar-refractivity contribution < 1.29 is 29.3 Å². The average Bonchev–Trinajstić information content (AvgIpc) is 2.85. The molecule has 2 fully saturated rings. The first-order chi connectivity index (χ1) is 11.0. The van der Waals surface area contributed by atoms with Crippen LogP contribution in [0.4, 0.5) is 0 Å². The fourth-order valence-electron chi connectivity index (χ4n) is 3.35. The molecule has 132 valence electrons. The van der Waals surface area contributed by atoms with Gasteiger partial charge in [0.05, 0.1) is 12.1 Å². The maximum atomic E-state index is 11.8. The van der Waals surface area contributed by atoms with Crippen molar-refractivity contribution in [3.8, 4) is 0 Å². The summed E-state index contributed by atoms with van der Waals surface area (Å²) in [5.41, 5.74) is 0. The lowest BCUT2D eigenvalue weighted by atomic mass is 9.92. The van der Waals surface area contributed by atoms with Crippen molar-refractivity contribution in [3.63, 3.8) is 0 Å². The van der Waals surface area contributed by atoms with Gasteiger partial charge in [-0.1, -0.05) is 13.8 Å². The molecule has 2 rings (SSSR count). The highest BCUT2D eigenvalue weighted by atomic mass is 16.6. The Labute approximate surface area is 136 Å². The van der Waals surface area contributed by atoms with E-state index in [4.69, 9.17) is 9.47 Å². The van der Waals surface area contributed by atoms with Crippen LogP contribution in [-0.2, 0) is 19.1 Å². The number of rotatable bonds is 6. The minimum absolute atomic E-state index is 0.256. The highest BCUT2D eigenvalue weighted by Crippen LogP contribution is 2.31. The number of nitrogens with zero attached hydrogens (tertiary/aromatic N) is 1. The lowest BCUT2D eigenvalue weighted by Crippen LogP contribution is -2.63. The van der Waals surface area contributed by atoms with Crippen molar-refractivity contribution in [2.45, 2.75) is 76.4 Å². The first-order valence-electron chi connectivity index (χ1n) is 8.47. The van der Waals surface area contributed by atoms with Gasteiger partial charge >= 0.3 is 11.9 Å². The van der Waals surface area contributed by atoms with Gasteiger partial charge < -0.3 is 19.7 Å². The molecule has 2 aliphatic rings. The predicted molar refractivity (Wildman–Crippen MR) is 81.6 cm³/mol. The second kappa shape index (κ2) is 8.08. The van der Waals surface area contributed by atoms with E-state index in [0.717, 1.165) is 0 Å². The van der Waals surface area contributed by atoms with Crippen LogP contribution in [-0.4, -0.2) is 70.6 Å². The van der Waals surface area contributed by atoms with E-state index in [1.807, 2.05) is 18.7 Å². The first kappa shape index (κ1) is 18.2. The molecule has 0 saturated carbocycles. The number of aliphatic hydroxyl groups is 2. The number of piperidine rings is 1. The summed E-state index contributed by atoms with van der Waals surface area (Å²) < 4.78 is 10.8. The number of ether oxygens (including phenoxy) is 2. The molecule has 0 bridgehead atoms. The van der Waals surface area contributed by atoms with Crippen LogP contribution in [0.25, 0.3) is 0 Å². The average molecular weight is 329 g/mol. The molecule has 2 saturated heterocycles. The Morgan fingerprint density at radius 2 is 1.70 bits per heavy atom. The van der Waals surface area contributed by atoms with Crippen molar-refractivity contribution in [1.82, 2.24) is 4.90 Å². The molecule has 0 aromatic rings. The van der Waals surface area contributed by atoms with Gasteiger partial charge in [-0.25, -0.2) is 0 Å². The Morgan fingerprint density at radius 1 is 1.09 bits per heavy atom. The Bertz CT molecular complexity index is 429. The molecule has 5 atom stereocenters. The number of carbonyl (C=O) groups is 2. The van der Waals surface area contributed by atoms with Gasteiger partial charge in [-0.3, -0.25) is 14.5 Å². The van der Waals surface area contributed by atoms with E-state index in [2.05, 4.69) is 0 Å². The zero-order chi connectivity index (χ0) is 17.0. The van der Waals surface area contributed by atoms with Crippen LogP contribution in [0.3, 0.4) is 0 Å². The summed E-state index contributed by atoms with van der Waals surface area (Å²) in [6, 6.07) is -0.438. The quantitative estimate of drug-likeness (QED) is 0.673. The molecule has 2 aliphatic heterocycles. The Hall–Kier alpha value is -1.18. The SMILES string of the molecule is CCCC(=O)O[C@H]1[C@H](O)[C@@H](OC(=O)CCC)CN2CC[C@H](O)[C@H]12. The molecule has 0 unspecified atom stereocenters. The number of hydrogen-bond donors (Lipinski definition) is 2. The molecule has 0 aromatic carbocycles. The third-order valence-corrected chi connectivity index (χ3v) is 4.46. The third kappa shape index (κ3) is 4.22. The highest BCUT2D eigenvalue weighted by Gasteiger charge is 2.51. The summed E-state index contributed by atoms with van der Waals surface area (Å²) >= 11 is 0. The standard InChI is InChI=1S/C16H27NO6/c1-3-5-12(19)22-11-9-17-8-7-10(18)14(17)16(15(11)21)23-13(20)6-4-2/h10-11,14-16,18,21H,3-9H2,1-2H3/t10-,11-,14+,15+,16+/m0/s1. The summed E-state index contributed by atoms with van der Waals surface area (Å²) in [4.78, 5) is 25.5. The van der Waals surface area contributed by atoms with E-state index in [9.17, 15) is 19.8 Å². The van der Waals surface area contributed by atoms with E-state index in [-0.39, 0.29) is 18.8 Å². The van der Waals surface area contributed by atoms with E-state index in [0.29, 0.717) is 32.4 Å². The second-order valence-corrected chi connectivity index (χ2v) is 6.31. The van der Waals surface area contributed by atoms with E-state index >= 15 is 0 Å². The normalized spacial score (nSPS) is 34.0. The molecule has 0 radical (unpaired) electrons. The van der Waals surface area contributed by atoms with Gasteiger partial charge in [0.2, 0.25) is 0 Å².